The Balaban J connectivity index is 2.16. The second-order valence-corrected chi connectivity index (χ2v) is 5.89. The lowest BCUT2D eigenvalue weighted by atomic mass is 10.0. The van der Waals surface area contributed by atoms with E-state index in [0.717, 1.165) is 29.6 Å². The minimum Gasteiger partial charge on any atom is -0.310 e. The lowest BCUT2D eigenvalue weighted by molar-refractivity contribution is 0.523. The van der Waals surface area contributed by atoms with E-state index < -0.39 is 0 Å². The average molecular weight is 334 g/mol. The van der Waals surface area contributed by atoms with Crippen molar-refractivity contribution in [1.29, 1.82) is 0 Å². The second kappa shape index (κ2) is 7.50. The lowest BCUT2D eigenvalue weighted by Crippen LogP contribution is -2.24. The summed E-state index contributed by atoms with van der Waals surface area (Å²) in [6.45, 7) is 5.25. The summed E-state index contributed by atoms with van der Waals surface area (Å²) < 4.78 is 1.01. The minimum atomic E-state index is 0.260. The zero-order valence-electron chi connectivity index (χ0n) is 11.9. The molecule has 0 saturated heterocycles. The van der Waals surface area contributed by atoms with Crippen LogP contribution >= 0.6 is 15.9 Å². The standard InChI is InChI=1S/C16H20BrN3/c1-3-6-19-16(13-7-12(2)9-18-10-13)8-15-5-4-14(17)11-20-15/h4-5,7,9-11,16,19H,3,6,8H2,1-2H3. The van der Waals surface area contributed by atoms with Gasteiger partial charge in [-0.05, 0) is 59.1 Å². The maximum atomic E-state index is 4.47. The third kappa shape index (κ3) is 4.39. The highest BCUT2D eigenvalue weighted by Crippen LogP contribution is 2.19. The minimum absolute atomic E-state index is 0.260. The summed E-state index contributed by atoms with van der Waals surface area (Å²) in [5, 5.41) is 3.58. The fraction of sp³-hybridized carbons (Fsp3) is 0.375. The molecule has 0 aromatic carbocycles. The Morgan fingerprint density at radius 1 is 1.25 bits per heavy atom. The highest BCUT2D eigenvalue weighted by molar-refractivity contribution is 9.10. The number of nitrogens with one attached hydrogen (secondary N) is 1. The largest absolute Gasteiger partial charge is 0.310 e. The normalized spacial score (nSPS) is 12.3. The molecule has 0 aliphatic carbocycles. The summed E-state index contributed by atoms with van der Waals surface area (Å²) in [5.41, 5.74) is 3.50. The van der Waals surface area contributed by atoms with Crippen LogP contribution in [0.25, 0.3) is 0 Å². The van der Waals surface area contributed by atoms with Crippen molar-refractivity contribution in [2.75, 3.05) is 6.54 Å². The molecule has 0 fully saturated rings. The third-order valence-electron chi connectivity index (χ3n) is 3.14. The van der Waals surface area contributed by atoms with Crippen molar-refractivity contribution in [3.8, 4) is 0 Å². The maximum absolute atomic E-state index is 4.47. The molecule has 3 nitrogen and oxygen atoms in total. The average Bonchev–Trinajstić information content (AvgIpc) is 2.45. The van der Waals surface area contributed by atoms with Gasteiger partial charge in [-0.15, -0.1) is 0 Å². The number of halogens is 1. The monoisotopic (exact) mass is 333 g/mol. The van der Waals surface area contributed by atoms with Crippen LogP contribution < -0.4 is 5.32 Å². The van der Waals surface area contributed by atoms with Gasteiger partial charge < -0.3 is 5.32 Å². The van der Waals surface area contributed by atoms with Crippen LogP contribution in [0.1, 0.15) is 36.2 Å². The molecule has 20 heavy (non-hydrogen) atoms. The van der Waals surface area contributed by atoms with Crippen LogP contribution in [0.3, 0.4) is 0 Å². The predicted octanol–water partition coefficient (Wildman–Crippen LogP) is 3.83. The molecule has 2 aromatic heterocycles. The molecule has 0 amide bonds. The Bertz CT molecular complexity index is 540. The van der Waals surface area contributed by atoms with Crippen LogP contribution in [0.15, 0.2) is 41.3 Å². The molecule has 2 aromatic rings. The van der Waals surface area contributed by atoms with E-state index in [1.54, 1.807) is 0 Å². The first-order valence-electron chi connectivity index (χ1n) is 6.94. The van der Waals surface area contributed by atoms with Crippen LogP contribution in [-0.4, -0.2) is 16.5 Å². The smallest absolute Gasteiger partial charge is 0.0423 e. The maximum Gasteiger partial charge on any atom is 0.0423 e. The molecule has 0 aliphatic heterocycles. The number of nitrogens with zero attached hydrogens (tertiary/aromatic N) is 2. The molecule has 0 aliphatic rings. The number of pyridine rings is 2. The van der Waals surface area contributed by atoms with Crippen molar-refractivity contribution in [2.24, 2.45) is 0 Å². The van der Waals surface area contributed by atoms with Gasteiger partial charge in [0.2, 0.25) is 0 Å². The molecule has 1 atom stereocenters. The predicted molar refractivity (Wildman–Crippen MR) is 85.6 cm³/mol. The summed E-state index contributed by atoms with van der Waals surface area (Å²) in [4.78, 5) is 8.77. The topological polar surface area (TPSA) is 37.8 Å². The molecule has 0 spiro atoms. The summed E-state index contributed by atoms with van der Waals surface area (Å²) in [5.74, 6) is 0. The zero-order chi connectivity index (χ0) is 14.4. The number of hydrogen-bond donors (Lipinski definition) is 1. The van der Waals surface area contributed by atoms with E-state index in [1.165, 1.54) is 11.1 Å². The zero-order valence-corrected chi connectivity index (χ0v) is 13.5. The number of aromatic nitrogens is 2. The van der Waals surface area contributed by atoms with Crippen molar-refractivity contribution in [2.45, 2.75) is 32.7 Å². The third-order valence-corrected chi connectivity index (χ3v) is 3.61. The molecule has 2 rings (SSSR count). The van der Waals surface area contributed by atoms with Crippen LogP contribution in [-0.2, 0) is 6.42 Å². The van der Waals surface area contributed by atoms with E-state index >= 15 is 0 Å². The van der Waals surface area contributed by atoms with Gasteiger partial charge in [0.05, 0.1) is 0 Å². The first kappa shape index (κ1) is 15.1. The van der Waals surface area contributed by atoms with Gasteiger partial charge in [0, 0.05) is 41.2 Å². The van der Waals surface area contributed by atoms with Crippen molar-refractivity contribution < 1.29 is 0 Å². The van der Waals surface area contributed by atoms with E-state index in [9.17, 15) is 0 Å². The fourth-order valence-corrected chi connectivity index (χ4v) is 2.37. The van der Waals surface area contributed by atoms with Crippen molar-refractivity contribution in [3.05, 3.63) is 58.1 Å². The number of aryl methyl sites for hydroxylation is 1. The molecular weight excluding hydrogens is 314 g/mol. The van der Waals surface area contributed by atoms with Crippen molar-refractivity contribution in [1.82, 2.24) is 15.3 Å². The van der Waals surface area contributed by atoms with Gasteiger partial charge in [0.15, 0.2) is 0 Å². The van der Waals surface area contributed by atoms with Gasteiger partial charge in [-0.2, -0.15) is 0 Å². The fourth-order valence-electron chi connectivity index (χ4n) is 2.13. The molecule has 2 heterocycles. The molecule has 1 unspecified atom stereocenters. The summed E-state index contributed by atoms with van der Waals surface area (Å²) >= 11 is 3.42. The van der Waals surface area contributed by atoms with Gasteiger partial charge in [-0.3, -0.25) is 9.97 Å². The number of hydrogen-bond acceptors (Lipinski definition) is 3. The lowest BCUT2D eigenvalue weighted by Gasteiger charge is -2.19. The summed E-state index contributed by atoms with van der Waals surface area (Å²) in [6, 6.07) is 6.55. The van der Waals surface area contributed by atoms with E-state index in [0.29, 0.717) is 0 Å². The van der Waals surface area contributed by atoms with Crippen LogP contribution in [0.5, 0.6) is 0 Å². The summed E-state index contributed by atoms with van der Waals surface area (Å²) in [6.07, 6.45) is 7.67. The van der Waals surface area contributed by atoms with Gasteiger partial charge in [-0.1, -0.05) is 13.0 Å². The quantitative estimate of drug-likeness (QED) is 0.872. The second-order valence-electron chi connectivity index (χ2n) is 4.97. The molecule has 4 heteroatoms. The highest BCUT2D eigenvalue weighted by atomic mass is 79.9. The van der Waals surface area contributed by atoms with Crippen molar-refractivity contribution in [3.63, 3.8) is 0 Å². The molecule has 0 bridgehead atoms. The molecule has 0 radical (unpaired) electrons. The Kier molecular flexibility index (Phi) is 5.68. The Hall–Kier alpha value is -1.26. The van der Waals surface area contributed by atoms with Gasteiger partial charge in [0.25, 0.3) is 0 Å². The number of rotatable bonds is 6. The van der Waals surface area contributed by atoms with Gasteiger partial charge >= 0.3 is 0 Å². The van der Waals surface area contributed by atoms with E-state index in [2.05, 4.69) is 57.2 Å². The van der Waals surface area contributed by atoms with Crippen LogP contribution in [0.4, 0.5) is 0 Å². The molecule has 0 saturated carbocycles. The Morgan fingerprint density at radius 2 is 2.10 bits per heavy atom. The van der Waals surface area contributed by atoms with E-state index in [1.807, 2.05) is 24.7 Å². The van der Waals surface area contributed by atoms with Gasteiger partial charge in [-0.25, -0.2) is 0 Å². The van der Waals surface area contributed by atoms with Crippen LogP contribution in [0.2, 0.25) is 0 Å². The molecular formula is C16H20BrN3. The Morgan fingerprint density at radius 3 is 2.75 bits per heavy atom. The van der Waals surface area contributed by atoms with E-state index in [-0.39, 0.29) is 6.04 Å². The first-order chi connectivity index (χ1) is 9.69. The van der Waals surface area contributed by atoms with E-state index in [4.69, 9.17) is 0 Å². The Labute approximate surface area is 129 Å². The molecule has 106 valence electrons. The van der Waals surface area contributed by atoms with Gasteiger partial charge in [0.1, 0.15) is 0 Å². The summed E-state index contributed by atoms with van der Waals surface area (Å²) in [7, 11) is 0. The van der Waals surface area contributed by atoms with Crippen molar-refractivity contribution >= 4 is 15.9 Å². The van der Waals surface area contributed by atoms with Crippen LogP contribution in [0, 0.1) is 6.92 Å². The first-order valence-corrected chi connectivity index (χ1v) is 7.73. The SMILES string of the molecule is CCCNC(Cc1ccc(Br)cn1)c1cncc(C)c1. The molecule has 1 N–H and O–H groups in total. The highest BCUT2D eigenvalue weighted by Gasteiger charge is 2.13.